The summed E-state index contributed by atoms with van der Waals surface area (Å²) in [5, 5.41) is 0. The lowest BCUT2D eigenvalue weighted by molar-refractivity contribution is -0.127. The van der Waals surface area contributed by atoms with Gasteiger partial charge in [-0.3, -0.25) is 4.79 Å². The van der Waals surface area contributed by atoms with Gasteiger partial charge in [0.25, 0.3) is 0 Å². The van der Waals surface area contributed by atoms with Crippen molar-refractivity contribution in [3.63, 3.8) is 0 Å². The van der Waals surface area contributed by atoms with Crippen LogP contribution in [-0.4, -0.2) is 17.4 Å². The second kappa shape index (κ2) is 5.95. The largest absolute Gasteiger partial charge is 0.334 e. The maximum absolute atomic E-state index is 12.0. The number of hydrogen-bond donors (Lipinski definition) is 0. The molecule has 1 aliphatic rings. The number of halogens is 2. The van der Waals surface area contributed by atoms with E-state index in [4.69, 9.17) is 11.6 Å². The second-order valence-corrected chi connectivity index (χ2v) is 7.51. The van der Waals surface area contributed by atoms with E-state index < -0.39 is 0 Å². The number of rotatable bonds is 2. The molecule has 1 atom stereocenters. The molecule has 2 aromatic rings. The Balaban J connectivity index is 2.08. The van der Waals surface area contributed by atoms with Crippen molar-refractivity contribution >= 4 is 44.8 Å². The molecule has 0 bridgehead atoms. The molecule has 0 unspecified atom stereocenters. The fourth-order valence-corrected chi connectivity index (χ4v) is 4.65. The number of fused-ring (bicyclic) bond motifs is 1. The topological polar surface area (TPSA) is 20.3 Å². The summed E-state index contributed by atoms with van der Waals surface area (Å²) in [6.07, 6.45) is 1.37. The Morgan fingerprint density at radius 3 is 2.95 bits per heavy atom. The third kappa shape index (κ3) is 2.80. The zero-order chi connectivity index (χ0) is 15.0. The van der Waals surface area contributed by atoms with Gasteiger partial charge >= 0.3 is 0 Å². The smallest absolute Gasteiger partial charge is 0.246 e. The zero-order valence-corrected chi connectivity index (χ0v) is 14.3. The minimum absolute atomic E-state index is 0.0416. The van der Waals surface area contributed by atoms with Crippen LogP contribution < -0.4 is 0 Å². The molecule has 0 radical (unpaired) electrons. The van der Waals surface area contributed by atoms with E-state index in [1.165, 1.54) is 16.5 Å². The monoisotopic (exact) mass is 381 g/mol. The molecule has 0 aliphatic carbocycles. The molecule has 3 rings (SSSR count). The van der Waals surface area contributed by atoms with Crippen LogP contribution in [0.2, 0.25) is 4.34 Å². The molecule has 0 N–H and O–H groups in total. The SMILES string of the molecule is C=CC(=O)N1Cc2cc(Cl)sc2[C@@H](c2ccccc2Br)C1. The average Bonchev–Trinajstić information content (AvgIpc) is 2.86. The van der Waals surface area contributed by atoms with Crippen LogP contribution in [0, 0.1) is 0 Å². The van der Waals surface area contributed by atoms with E-state index in [0.29, 0.717) is 13.1 Å². The Hall–Kier alpha value is -1.10. The number of thiophene rings is 1. The highest BCUT2D eigenvalue weighted by Crippen LogP contribution is 2.42. The summed E-state index contributed by atoms with van der Waals surface area (Å²) in [5.41, 5.74) is 2.31. The summed E-state index contributed by atoms with van der Waals surface area (Å²) in [6.45, 7) is 4.84. The summed E-state index contributed by atoms with van der Waals surface area (Å²) in [4.78, 5) is 15.1. The van der Waals surface area contributed by atoms with Gasteiger partial charge in [-0.05, 0) is 29.3 Å². The minimum Gasteiger partial charge on any atom is -0.334 e. The highest BCUT2D eigenvalue weighted by atomic mass is 79.9. The van der Waals surface area contributed by atoms with Gasteiger partial charge in [0, 0.05) is 28.4 Å². The van der Waals surface area contributed by atoms with Crippen LogP contribution in [0.1, 0.15) is 21.9 Å². The lowest BCUT2D eigenvalue weighted by Gasteiger charge is -2.32. The quantitative estimate of drug-likeness (QED) is 0.682. The number of benzene rings is 1. The van der Waals surface area contributed by atoms with Gasteiger partial charge in [0.15, 0.2) is 0 Å². The Bertz CT molecular complexity index is 712. The normalized spacial score (nSPS) is 17.4. The van der Waals surface area contributed by atoms with Gasteiger partial charge in [-0.15, -0.1) is 11.3 Å². The summed E-state index contributed by atoms with van der Waals surface area (Å²) in [5.74, 6) is 0.103. The zero-order valence-electron chi connectivity index (χ0n) is 11.2. The average molecular weight is 383 g/mol. The van der Waals surface area contributed by atoms with Gasteiger partial charge in [-0.2, -0.15) is 0 Å². The van der Waals surface area contributed by atoms with E-state index in [0.717, 1.165) is 14.4 Å². The number of carbonyl (C=O) groups excluding carboxylic acids is 1. The van der Waals surface area contributed by atoms with Crippen molar-refractivity contribution in [2.45, 2.75) is 12.5 Å². The Morgan fingerprint density at radius 1 is 1.48 bits per heavy atom. The highest BCUT2D eigenvalue weighted by molar-refractivity contribution is 9.10. The Labute approximate surface area is 141 Å². The maximum Gasteiger partial charge on any atom is 0.246 e. The molecule has 1 aromatic heterocycles. The molecule has 2 nitrogen and oxygen atoms in total. The third-order valence-electron chi connectivity index (χ3n) is 3.66. The van der Waals surface area contributed by atoms with Gasteiger partial charge in [0.2, 0.25) is 5.91 Å². The van der Waals surface area contributed by atoms with E-state index in [1.807, 2.05) is 29.2 Å². The lowest BCUT2D eigenvalue weighted by atomic mass is 9.91. The molecule has 0 fully saturated rings. The molecule has 1 amide bonds. The molecule has 21 heavy (non-hydrogen) atoms. The third-order valence-corrected chi connectivity index (χ3v) is 5.80. The molecule has 0 saturated carbocycles. The fourth-order valence-electron chi connectivity index (χ4n) is 2.69. The van der Waals surface area contributed by atoms with Crippen LogP contribution in [0.4, 0.5) is 0 Å². The first kappa shape index (κ1) is 14.8. The summed E-state index contributed by atoms with van der Waals surface area (Å²) in [6, 6.07) is 10.1. The minimum atomic E-state index is -0.0416. The van der Waals surface area contributed by atoms with Crippen LogP contribution in [0.15, 0.2) is 47.5 Å². The maximum atomic E-state index is 12.0. The van der Waals surface area contributed by atoms with Gasteiger partial charge < -0.3 is 4.90 Å². The van der Waals surface area contributed by atoms with Gasteiger partial charge in [-0.1, -0.05) is 52.3 Å². The van der Waals surface area contributed by atoms with Crippen molar-refractivity contribution in [1.82, 2.24) is 4.90 Å². The molecule has 108 valence electrons. The predicted molar refractivity (Wildman–Crippen MR) is 90.9 cm³/mol. The first-order valence-electron chi connectivity index (χ1n) is 6.54. The van der Waals surface area contributed by atoms with Crippen molar-refractivity contribution in [2.24, 2.45) is 0 Å². The standard InChI is InChI=1S/C16H13BrClNOS/c1-2-15(20)19-8-10-7-14(18)21-16(10)12(9-19)11-5-3-4-6-13(11)17/h2-7,12H,1,8-9H2/t12-/m1/s1. The molecule has 1 aliphatic heterocycles. The lowest BCUT2D eigenvalue weighted by Crippen LogP contribution is -2.37. The van der Waals surface area contributed by atoms with Gasteiger partial charge in [0.1, 0.15) is 0 Å². The number of amides is 1. The van der Waals surface area contributed by atoms with Crippen molar-refractivity contribution in [3.05, 3.63) is 67.8 Å². The van der Waals surface area contributed by atoms with E-state index in [9.17, 15) is 4.79 Å². The van der Waals surface area contributed by atoms with Crippen LogP contribution in [-0.2, 0) is 11.3 Å². The number of nitrogens with zero attached hydrogens (tertiary/aromatic N) is 1. The molecular weight excluding hydrogens is 370 g/mol. The first-order chi connectivity index (χ1) is 10.1. The van der Waals surface area contributed by atoms with E-state index in [1.54, 1.807) is 11.3 Å². The molecular formula is C16H13BrClNOS. The number of hydrogen-bond acceptors (Lipinski definition) is 2. The van der Waals surface area contributed by atoms with E-state index in [-0.39, 0.29) is 11.8 Å². The molecule has 5 heteroatoms. The number of carbonyl (C=O) groups is 1. The van der Waals surface area contributed by atoms with E-state index >= 15 is 0 Å². The van der Waals surface area contributed by atoms with Crippen LogP contribution in [0.5, 0.6) is 0 Å². The van der Waals surface area contributed by atoms with Crippen molar-refractivity contribution in [3.8, 4) is 0 Å². The second-order valence-electron chi connectivity index (χ2n) is 4.94. The fraction of sp³-hybridized carbons (Fsp3) is 0.188. The van der Waals surface area contributed by atoms with Crippen molar-refractivity contribution in [2.75, 3.05) is 6.54 Å². The molecule has 2 heterocycles. The van der Waals surface area contributed by atoms with Crippen LogP contribution in [0.25, 0.3) is 0 Å². The summed E-state index contributed by atoms with van der Waals surface area (Å²) >= 11 is 11.4. The Kier molecular flexibility index (Phi) is 4.20. The summed E-state index contributed by atoms with van der Waals surface area (Å²) in [7, 11) is 0. The van der Waals surface area contributed by atoms with Crippen molar-refractivity contribution < 1.29 is 4.79 Å². The van der Waals surface area contributed by atoms with Gasteiger partial charge in [0.05, 0.1) is 4.34 Å². The Morgan fingerprint density at radius 2 is 2.24 bits per heavy atom. The highest BCUT2D eigenvalue weighted by Gasteiger charge is 2.31. The first-order valence-corrected chi connectivity index (χ1v) is 8.52. The van der Waals surface area contributed by atoms with Crippen molar-refractivity contribution in [1.29, 1.82) is 0 Å². The summed E-state index contributed by atoms with van der Waals surface area (Å²) < 4.78 is 1.82. The van der Waals surface area contributed by atoms with Crippen LogP contribution in [0.3, 0.4) is 0 Å². The van der Waals surface area contributed by atoms with Crippen LogP contribution >= 0.6 is 38.9 Å². The predicted octanol–water partition coefficient (Wildman–Crippen LogP) is 4.82. The molecule has 0 spiro atoms. The molecule has 0 saturated heterocycles. The van der Waals surface area contributed by atoms with E-state index in [2.05, 4.69) is 28.6 Å². The van der Waals surface area contributed by atoms with Gasteiger partial charge in [-0.25, -0.2) is 0 Å². The molecule has 1 aromatic carbocycles.